The molecule has 2 aliphatic rings. The van der Waals surface area contributed by atoms with Crippen LogP contribution in [0.3, 0.4) is 0 Å². The van der Waals surface area contributed by atoms with Gasteiger partial charge in [0.05, 0.1) is 16.4 Å². The van der Waals surface area contributed by atoms with Crippen LogP contribution in [0.25, 0.3) is 0 Å². The Kier molecular flexibility index (Phi) is 3.58. The van der Waals surface area contributed by atoms with Crippen molar-refractivity contribution in [3.8, 4) is 0 Å². The van der Waals surface area contributed by atoms with Crippen LogP contribution < -0.4 is 11.3 Å². The van der Waals surface area contributed by atoms with Gasteiger partial charge in [-0.1, -0.05) is 24.9 Å². The monoisotopic (exact) mass is 282 g/mol. The number of fused-ring (bicyclic) bond motifs is 1. The number of aryl methyl sites for hydroxylation is 2. The zero-order chi connectivity index (χ0) is 13.6. The van der Waals surface area contributed by atoms with Crippen molar-refractivity contribution >= 4 is 11.6 Å². The van der Waals surface area contributed by atoms with Gasteiger partial charge in [-0.05, 0) is 37.0 Å². The second-order valence-corrected chi connectivity index (χ2v) is 6.38. The summed E-state index contributed by atoms with van der Waals surface area (Å²) in [4.78, 5) is 0. The van der Waals surface area contributed by atoms with Crippen molar-refractivity contribution in [2.24, 2.45) is 30.6 Å². The summed E-state index contributed by atoms with van der Waals surface area (Å²) in [5, 5.41) is 5.31. The predicted molar refractivity (Wildman–Crippen MR) is 76.7 cm³/mol. The first-order chi connectivity index (χ1) is 9.17. The van der Waals surface area contributed by atoms with Crippen LogP contribution in [0.4, 0.5) is 0 Å². The lowest BCUT2D eigenvalue weighted by molar-refractivity contribution is 0.403. The highest BCUT2D eigenvalue weighted by molar-refractivity contribution is 6.31. The molecule has 1 aromatic heterocycles. The fourth-order valence-corrected chi connectivity index (χ4v) is 4.40. The Morgan fingerprint density at radius 3 is 2.68 bits per heavy atom. The molecule has 0 radical (unpaired) electrons. The number of aromatic nitrogens is 2. The summed E-state index contributed by atoms with van der Waals surface area (Å²) >= 11 is 6.42. The van der Waals surface area contributed by atoms with Crippen molar-refractivity contribution in [1.82, 2.24) is 15.2 Å². The second-order valence-electron chi connectivity index (χ2n) is 6.00. The van der Waals surface area contributed by atoms with Gasteiger partial charge in [-0.3, -0.25) is 16.0 Å². The minimum atomic E-state index is 0.341. The van der Waals surface area contributed by atoms with Crippen LogP contribution in [-0.2, 0) is 19.9 Å². The van der Waals surface area contributed by atoms with Crippen LogP contribution in [0.5, 0.6) is 0 Å². The Hall–Kier alpha value is -0.580. The maximum atomic E-state index is 6.42. The van der Waals surface area contributed by atoms with Crippen LogP contribution in [0, 0.1) is 17.8 Å². The first kappa shape index (κ1) is 13.4. The normalized spacial score (nSPS) is 30.4. The third-order valence-electron chi connectivity index (χ3n) is 5.07. The fourth-order valence-electron chi connectivity index (χ4n) is 4.03. The Morgan fingerprint density at radius 2 is 2.16 bits per heavy atom. The highest BCUT2D eigenvalue weighted by Crippen LogP contribution is 2.59. The van der Waals surface area contributed by atoms with Crippen LogP contribution in [0.15, 0.2) is 0 Å². The number of rotatable bonds is 5. The molecule has 5 heteroatoms. The summed E-state index contributed by atoms with van der Waals surface area (Å²) < 4.78 is 1.92. The van der Waals surface area contributed by atoms with Crippen molar-refractivity contribution in [2.45, 2.75) is 45.1 Å². The van der Waals surface area contributed by atoms with E-state index in [4.69, 9.17) is 17.4 Å². The smallest absolute Gasteiger partial charge is 0.0850 e. The fraction of sp³-hybridized carbons (Fsp3) is 0.786. The number of hydrogen-bond acceptors (Lipinski definition) is 3. The van der Waals surface area contributed by atoms with Crippen molar-refractivity contribution in [3.63, 3.8) is 0 Å². The maximum Gasteiger partial charge on any atom is 0.0850 e. The van der Waals surface area contributed by atoms with E-state index in [1.54, 1.807) is 0 Å². The molecule has 0 aliphatic heterocycles. The van der Waals surface area contributed by atoms with Gasteiger partial charge in [0.15, 0.2) is 0 Å². The van der Waals surface area contributed by atoms with E-state index in [-0.39, 0.29) is 0 Å². The molecule has 3 atom stereocenters. The summed E-state index contributed by atoms with van der Waals surface area (Å²) in [6, 6.07) is 0.341. The average molecular weight is 283 g/mol. The third-order valence-corrected chi connectivity index (χ3v) is 5.50. The Bertz CT molecular complexity index is 460. The van der Waals surface area contributed by atoms with Crippen LogP contribution in [-0.4, -0.2) is 15.8 Å². The van der Waals surface area contributed by atoms with Crippen LogP contribution in [0.1, 0.15) is 37.6 Å². The van der Waals surface area contributed by atoms with Gasteiger partial charge in [-0.15, -0.1) is 0 Å². The molecule has 3 rings (SSSR count). The highest BCUT2D eigenvalue weighted by atomic mass is 35.5. The molecule has 2 saturated carbocycles. The number of nitrogens with two attached hydrogens (primary N) is 1. The molecule has 0 amide bonds. The summed E-state index contributed by atoms with van der Waals surface area (Å²) in [6.45, 7) is 2.09. The number of hydrazine groups is 1. The Labute approximate surface area is 119 Å². The lowest BCUT2D eigenvalue weighted by Crippen LogP contribution is -2.40. The quantitative estimate of drug-likeness (QED) is 0.642. The van der Waals surface area contributed by atoms with Crippen LogP contribution >= 0.6 is 11.6 Å². The second kappa shape index (κ2) is 5.08. The first-order valence-corrected chi connectivity index (χ1v) is 7.71. The maximum absolute atomic E-state index is 6.42. The molecule has 3 unspecified atom stereocenters. The third kappa shape index (κ3) is 2.20. The van der Waals surface area contributed by atoms with Gasteiger partial charge >= 0.3 is 0 Å². The molecule has 2 fully saturated rings. The highest BCUT2D eigenvalue weighted by Gasteiger charge is 2.55. The van der Waals surface area contributed by atoms with Crippen molar-refractivity contribution < 1.29 is 0 Å². The summed E-state index contributed by atoms with van der Waals surface area (Å²) in [6.07, 6.45) is 5.92. The summed E-state index contributed by atoms with van der Waals surface area (Å²) in [5.41, 5.74) is 5.13. The molecule has 19 heavy (non-hydrogen) atoms. The molecular weight excluding hydrogens is 260 g/mol. The van der Waals surface area contributed by atoms with Gasteiger partial charge < -0.3 is 0 Å². The number of halogens is 1. The van der Waals surface area contributed by atoms with E-state index in [0.717, 1.165) is 47.0 Å². The van der Waals surface area contributed by atoms with Crippen molar-refractivity contribution in [2.75, 3.05) is 0 Å². The molecule has 3 N–H and O–H groups in total. The molecule has 0 bridgehead atoms. The summed E-state index contributed by atoms with van der Waals surface area (Å²) in [7, 11) is 1.97. The Balaban J connectivity index is 1.74. The lowest BCUT2D eigenvalue weighted by Gasteiger charge is -2.18. The molecule has 1 aromatic rings. The van der Waals surface area contributed by atoms with Gasteiger partial charge in [0.1, 0.15) is 0 Å². The largest absolute Gasteiger partial charge is 0.271 e. The molecule has 2 aliphatic carbocycles. The van der Waals surface area contributed by atoms with E-state index in [0.29, 0.717) is 6.04 Å². The summed E-state index contributed by atoms with van der Waals surface area (Å²) in [5.74, 6) is 8.33. The standard InChI is InChI=1S/C14H23ClN4/c1-3-10-14(15)12(19(2)18-10)7-11(17-16)13-8-5-4-6-9(8)13/h8-9,11,13,17H,3-7,16H2,1-2H3. The molecule has 0 saturated heterocycles. The van der Waals surface area contributed by atoms with E-state index in [1.165, 1.54) is 19.3 Å². The van der Waals surface area contributed by atoms with Gasteiger partial charge in [-0.25, -0.2) is 0 Å². The first-order valence-electron chi connectivity index (χ1n) is 7.33. The van der Waals surface area contributed by atoms with E-state index in [2.05, 4.69) is 17.4 Å². The molecule has 106 valence electrons. The molecule has 0 aromatic carbocycles. The predicted octanol–water partition coefficient (Wildman–Crippen LogP) is 2.06. The van der Waals surface area contributed by atoms with Gasteiger partial charge in [0, 0.05) is 19.5 Å². The zero-order valence-electron chi connectivity index (χ0n) is 11.7. The minimum absolute atomic E-state index is 0.341. The topological polar surface area (TPSA) is 55.9 Å². The van der Waals surface area contributed by atoms with Crippen LogP contribution in [0.2, 0.25) is 5.02 Å². The number of nitrogens with zero attached hydrogens (tertiary/aromatic N) is 2. The SMILES string of the molecule is CCc1nn(C)c(CC(NN)C2C3CCCC32)c1Cl. The van der Waals surface area contributed by atoms with Gasteiger partial charge in [-0.2, -0.15) is 5.10 Å². The molecule has 4 nitrogen and oxygen atoms in total. The minimum Gasteiger partial charge on any atom is -0.271 e. The van der Waals surface area contributed by atoms with E-state index in [9.17, 15) is 0 Å². The van der Waals surface area contributed by atoms with Crippen molar-refractivity contribution in [3.05, 3.63) is 16.4 Å². The van der Waals surface area contributed by atoms with E-state index < -0.39 is 0 Å². The van der Waals surface area contributed by atoms with Gasteiger partial charge in [0.25, 0.3) is 0 Å². The zero-order valence-corrected chi connectivity index (χ0v) is 12.5. The Morgan fingerprint density at radius 1 is 1.47 bits per heavy atom. The molecule has 0 spiro atoms. The van der Waals surface area contributed by atoms with E-state index >= 15 is 0 Å². The lowest BCUT2D eigenvalue weighted by atomic mass is 10.00. The number of nitrogens with one attached hydrogen (secondary N) is 1. The van der Waals surface area contributed by atoms with Crippen molar-refractivity contribution in [1.29, 1.82) is 0 Å². The molecular formula is C14H23ClN4. The average Bonchev–Trinajstić information content (AvgIpc) is 2.78. The van der Waals surface area contributed by atoms with Gasteiger partial charge in [0.2, 0.25) is 0 Å². The van der Waals surface area contributed by atoms with E-state index in [1.807, 2.05) is 11.7 Å². The molecule has 1 heterocycles. The number of hydrogen-bond donors (Lipinski definition) is 2.